The standard InChI is InChI=1S/C17H26ClNO2/c1-20-11-12-21-10-4-5-14(13-19-15-8-9-15)16-6-2-3-7-17(16)18/h2-3,6-7,14-15,19H,4-5,8-13H2,1H3. The molecule has 1 saturated carbocycles. The number of hydrogen-bond donors (Lipinski definition) is 1. The van der Waals surface area contributed by atoms with Gasteiger partial charge >= 0.3 is 0 Å². The van der Waals surface area contributed by atoms with E-state index in [4.69, 9.17) is 21.1 Å². The highest BCUT2D eigenvalue weighted by Crippen LogP contribution is 2.29. The molecule has 0 saturated heterocycles. The molecule has 1 unspecified atom stereocenters. The molecular weight excluding hydrogens is 286 g/mol. The van der Waals surface area contributed by atoms with E-state index in [1.165, 1.54) is 18.4 Å². The predicted molar refractivity (Wildman–Crippen MR) is 87.1 cm³/mol. The van der Waals surface area contributed by atoms with Crippen LogP contribution in [0.5, 0.6) is 0 Å². The van der Waals surface area contributed by atoms with Gasteiger partial charge in [0.05, 0.1) is 13.2 Å². The molecule has 0 heterocycles. The lowest BCUT2D eigenvalue weighted by atomic mass is 9.94. The average molecular weight is 312 g/mol. The van der Waals surface area contributed by atoms with Crippen LogP contribution >= 0.6 is 11.6 Å². The molecule has 1 atom stereocenters. The maximum absolute atomic E-state index is 6.36. The molecule has 3 nitrogen and oxygen atoms in total. The molecule has 0 amide bonds. The van der Waals surface area contributed by atoms with Gasteiger partial charge < -0.3 is 14.8 Å². The molecule has 4 heteroatoms. The third-order valence-corrected chi connectivity index (χ3v) is 4.19. The highest BCUT2D eigenvalue weighted by molar-refractivity contribution is 6.31. The van der Waals surface area contributed by atoms with E-state index in [0.717, 1.165) is 37.1 Å². The minimum Gasteiger partial charge on any atom is -0.382 e. The van der Waals surface area contributed by atoms with Crippen LogP contribution in [-0.4, -0.2) is 39.5 Å². The smallest absolute Gasteiger partial charge is 0.0700 e. The van der Waals surface area contributed by atoms with E-state index in [9.17, 15) is 0 Å². The second kappa shape index (κ2) is 9.42. The van der Waals surface area contributed by atoms with Crippen LogP contribution in [0, 0.1) is 0 Å². The Balaban J connectivity index is 1.79. The Morgan fingerprint density at radius 1 is 1.24 bits per heavy atom. The third-order valence-electron chi connectivity index (χ3n) is 3.85. The van der Waals surface area contributed by atoms with Gasteiger partial charge in [-0.15, -0.1) is 0 Å². The molecular formula is C17H26ClNO2. The SMILES string of the molecule is COCCOCCCC(CNC1CC1)c1ccccc1Cl. The molecule has 1 N–H and O–H groups in total. The Morgan fingerprint density at radius 2 is 2.05 bits per heavy atom. The summed E-state index contributed by atoms with van der Waals surface area (Å²) in [6.45, 7) is 3.13. The maximum atomic E-state index is 6.36. The summed E-state index contributed by atoms with van der Waals surface area (Å²) in [5.41, 5.74) is 1.25. The fourth-order valence-electron chi connectivity index (χ4n) is 2.45. The van der Waals surface area contributed by atoms with Crippen LogP contribution in [0.2, 0.25) is 5.02 Å². The third kappa shape index (κ3) is 6.35. The van der Waals surface area contributed by atoms with Crippen molar-refractivity contribution in [2.45, 2.75) is 37.6 Å². The summed E-state index contributed by atoms with van der Waals surface area (Å²) in [5.74, 6) is 0.463. The predicted octanol–water partition coefficient (Wildman–Crippen LogP) is 3.62. The molecule has 0 aliphatic heterocycles. The Kier molecular flexibility index (Phi) is 7.51. The Morgan fingerprint density at radius 3 is 2.76 bits per heavy atom. The highest BCUT2D eigenvalue weighted by Gasteiger charge is 2.23. The zero-order valence-electron chi connectivity index (χ0n) is 12.8. The topological polar surface area (TPSA) is 30.5 Å². The van der Waals surface area contributed by atoms with E-state index in [1.807, 2.05) is 12.1 Å². The normalized spacial score (nSPS) is 16.1. The number of rotatable bonds is 11. The quantitative estimate of drug-likeness (QED) is 0.633. The molecule has 1 aromatic carbocycles. The number of benzene rings is 1. The molecule has 21 heavy (non-hydrogen) atoms. The number of halogens is 1. The molecule has 1 aliphatic rings. The van der Waals surface area contributed by atoms with Crippen molar-refractivity contribution in [3.63, 3.8) is 0 Å². The van der Waals surface area contributed by atoms with Gasteiger partial charge in [0.15, 0.2) is 0 Å². The van der Waals surface area contributed by atoms with E-state index in [2.05, 4.69) is 17.4 Å². The lowest BCUT2D eigenvalue weighted by Gasteiger charge is -2.19. The summed E-state index contributed by atoms with van der Waals surface area (Å²) in [5, 5.41) is 4.50. The lowest BCUT2D eigenvalue weighted by molar-refractivity contribution is 0.0681. The highest BCUT2D eigenvalue weighted by atomic mass is 35.5. The first kappa shape index (κ1) is 16.8. The van der Waals surface area contributed by atoms with Gasteiger partial charge in [-0.3, -0.25) is 0 Å². The van der Waals surface area contributed by atoms with Crippen molar-refractivity contribution in [1.29, 1.82) is 0 Å². The van der Waals surface area contributed by atoms with Gasteiger partial charge in [-0.05, 0) is 43.2 Å². The summed E-state index contributed by atoms with van der Waals surface area (Å²) in [4.78, 5) is 0. The molecule has 0 bridgehead atoms. The largest absolute Gasteiger partial charge is 0.382 e. The number of hydrogen-bond acceptors (Lipinski definition) is 3. The average Bonchev–Trinajstić information content (AvgIpc) is 3.31. The lowest BCUT2D eigenvalue weighted by Crippen LogP contribution is -2.24. The van der Waals surface area contributed by atoms with Gasteiger partial charge in [0.1, 0.15) is 0 Å². The van der Waals surface area contributed by atoms with Gasteiger partial charge in [0.25, 0.3) is 0 Å². The molecule has 0 aromatic heterocycles. The summed E-state index contributed by atoms with van der Waals surface area (Å²) in [7, 11) is 1.69. The van der Waals surface area contributed by atoms with Crippen LogP contribution in [-0.2, 0) is 9.47 Å². The van der Waals surface area contributed by atoms with Crippen LogP contribution < -0.4 is 5.32 Å². The molecule has 1 aromatic rings. The molecule has 1 aliphatic carbocycles. The Bertz CT molecular complexity index is 410. The van der Waals surface area contributed by atoms with Crippen molar-refractivity contribution in [2.24, 2.45) is 0 Å². The second-order valence-electron chi connectivity index (χ2n) is 5.65. The van der Waals surface area contributed by atoms with E-state index < -0.39 is 0 Å². The summed E-state index contributed by atoms with van der Waals surface area (Å²) < 4.78 is 10.5. The van der Waals surface area contributed by atoms with Crippen LogP contribution in [0.15, 0.2) is 24.3 Å². The Labute approximate surface area is 133 Å². The summed E-state index contributed by atoms with van der Waals surface area (Å²) in [6, 6.07) is 8.92. The summed E-state index contributed by atoms with van der Waals surface area (Å²) in [6.07, 6.45) is 4.77. The molecule has 0 spiro atoms. The van der Waals surface area contributed by atoms with Crippen LogP contribution in [0.1, 0.15) is 37.2 Å². The number of nitrogens with one attached hydrogen (secondary N) is 1. The number of ether oxygens (including phenoxy) is 2. The van der Waals surface area contributed by atoms with Gasteiger partial charge in [-0.25, -0.2) is 0 Å². The molecule has 2 rings (SSSR count). The van der Waals surface area contributed by atoms with Crippen LogP contribution in [0.3, 0.4) is 0 Å². The van der Waals surface area contributed by atoms with E-state index in [0.29, 0.717) is 19.1 Å². The fraction of sp³-hybridized carbons (Fsp3) is 0.647. The van der Waals surface area contributed by atoms with Gasteiger partial charge in [0.2, 0.25) is 0 Å². The van der Waals surface area contributed by atoms with Gasteiger partial charge in [-0.2, -0.15) is 0 Å². The number of methoxy groups -OCH3 is 1. The van der Waals surface area contributed by atoms with Crippen molar-refractivity contribution in [2.75, 3.05) is 33.5 Å². The first-order chi connectivity index (χ1) is 10.3. The Hall–Kier alpha value is -0.610. The van der Waals surface area contributed by atoms with Crippen molar-refractivity contribution in [3.8, 4) is 0 Å². The zero-order valence-corrected chi connectivity index (χ0v) is 13.6. The molecule has 118 valence electrons. The van der Waals surface area contributed by atoms with E-state index >= 15 is 0 Å². The second-order valence-corrected chi connectivity index (χ2v) is 6.06. The van der Waals surface area contributed by atoms with E-state index in [-0.39, 0.29) is 0 Å². The minimum absolute atomic E-state index is 0.463. The maximum Gasteiger partial charge on any atom is 0.0700 e. The van der Waals surface area contributed by atoms with Crippen LogP contribution in [0.4, 0.5) is 0 Å². The zero-order chi connectivity index (χ0) is 14.9. The summed E-state index contributed by atoms with van der Waals surface area (Å²) >= 11 is 6.36. The van der Waals surface area contributed by atoms with Gasteiger partial charge in [0, 0.05) is 31.3 Å². The first-order valence-electron chi connectivity index (χ1n) is 7.85. The van der Waals surface area contributed by atoms with Crippen molar-refractivity contribution >= 4 is 11.6 Å². The monoisotopic (exact) mass is 311 g/mol. The minimum atomic E-state index is 0.463. The van der Waals surface area contributed by atoms with Crippen molar-refractivity contribution in [3.05, 3.63) is 34.9 Å². The van der Waals surface area contributed by atoms with Crippen LogP contribution in [0.25, 0.3) is 0 Å². The molecule has 1 fully saturated rings. The molecule has 0 radical (unpaired) electrons. The van der Waals surface area contributed by atoms with E-state index in [1.54, 1.807) is 7.11 Å². The fourth-order valence-corrected chi connectivity index (χ4v) is 2.74. The van der Waals surface area contributed by atoms with Crippen molar-refractivity contribution < 1.29 is 9.47 Å². The van der Waals surface area contributed by atoms with Crippen molar-refractivity contribution in [1.82, 2.24) is 5.32 Å². The first-order valence-corrected chi connectivity index (χ1v) is 8.23. The van der Waals surface area contributed by atoms with Gasteiger partial charge in [-0.1, -0.05) is 29.8 Å².